The lowest BCUT2D eigenvalue weighted by molar-refractivity contribution is 0.0697. The van der Waals surface area contributed by atoms with Crippen LogP contribution in [0.1, 0.15) is 28.4 Å². The molecule has 4 nitrogen and oxygen atoms in total. The highest BCUT2D eigenvalue weighted by atomic mass is 16.4. The van der Waals surface area contributed by atoms with E-state index in [0.717, 1.165) is 29.2 Å². The Labute approximate surface area is 152 Å². The number of anilines is 1. The number of carboxylic acids is 1. The van der Waals surface area contributed by atoms with E-state index in [-0.39, 0.29) is 6.04 Å². The van der Waals surface area contributed by atoms with E-state index in [1.54, 1.807) is 12.1 Å². The van der Waals surface area contributed by atoms with Crippen molar-refractivity contribution in [1.82, 2.24) is 0 Å². The van der Waals surface area contributed by atoms with Gasteiger partial charge in [-0.25, -0.2) is 9.79 Å². The fraction of sp³-hybridized carbons (Fsp3) is 0.0909. The Kier molecular flexibility index (Phi) is 4.23. The first-order valence-electron chi connectivity index (χ1n) is 8.52. The lowest BCUT2D eigenvalue weighted by Gasteiger charge is -2.44. The van der Waals surface area contributed by atoms with Crippen LogP contribution in [0.15, 0.2) is 89.9 Å². The monoisotopic (exact) mass is 342 g/mol. The fourth-order valence-electron chi connectivity index (χ4n) is 3.21. The highest BCUT2D eigenvalue weighted by Gasteiger charge is 2.36. The van der Waals surface area contributed by atoms with E-state index in [0.29, 0.717) is 5.56 Å². The normalized spacial score (nSPS) is 17.8. The molecule has 3 aromatic rings. The average Bonchev–Trinajstić information content (AvgIpc) is 2.66. The molecule has 128 valence electrons. The van der Waals surface area contributed by atoms with Crippen molar-refractivity contribution in [3.63, 3.8) is 0 Å². The molecule has 4 rings (SSSR count). The van der Waals surface area contributed by atoms with Crippen molar-refractivity contribution < 1.29 is 9.90 Å². The molecule has 1 aliphatic heterocycles. The second-order valence-corrected chi connectivity index (χ2v) is 6.22. The van der Waals surface area contributed by atoms with E-state index in [9.17, 15) is 4.79 Å². The van der Waals surface area contributed by atoms with Crippen LogP contribution < -0.4 is 4.90 Å². The zero-order valence-corrected chi connectivity index (χ0v) is 14.1. The van der Waals surface area contributed by atoms with Gasteiger partial charge in [0, 0.05) is 12.1 Å². The molecule has 4 heteroatoms. The summed E-state index contributed by atoms with van der Waals surface area (Å²) in [4.78, 5) is 18.1. The van der Waals surface area contributed by atoms with Crippen LogP contribution >= 0.6 is 0 Å². The molecule has 1 unspecified atom stereocenters. The smallest absolute Gasteiger partial charge is 0.335 e. The first kappa shape index (κ1) is 16.1. The number of benzene rings is 3. The third-order valence-electron chi connectivity index (χ3n) is 4.56. The van der Waals surface area contributed by atoms with Crippen LogP contribution in [0.4, 0.5) is 11.4 Å². The summed E-state index contributed by atoms with van der Waals surface area (Å²) in [6, 6.07) is 27.3. The molecule has 1 heterocycles. The molecule has 0 saturated carbocycles. The summed E-state index contributed by atoms with van der Waals surface area (Å²) in [5, 5.41) is 9.09. The quantitative estimate of drug-likeness (QED) is 0.720. The van der Waals surface area contributed by atoms with Gasteiger partial charge in [0.2, 0.25) is 0 Å². The van der Waals surface area contributed by atoms with Gasteiger partial charge in [0.1, 0.15) is 5.84 Å². The van der Waals surface area contributed by atoms with Gasteiger partial charge in [0.25, 0.3) is 0 Å². The third-order valence-corrected chi connectivity index (χ3v) is 4.56. The lowest BCUT2D eigenvalue weighted by atomic mass is 9.91. The minimum atomic E-state index is -0.906. The zero-order chi connectivity index (χ0) is 17.9. The Morgan fingerprint density at radius 2 is 1.50 bits per heavy atom. The van der Waals surface area contributed by atoms with Crippen molar-refractivity contribution >= 4 is 23.2 Å². The van der Waals surface area contributed by atoms with Gasteiger partial charge in [-0.15, -0.1) is 0 Å². The van der Waals surface area contributed by atoms with Crippen molar-refractivity contribution in [3.8, 4) is 0 Å². The van der Waals surface area contributed by atoms with Gasteiger partial charge >= 0.3 is 5.97 Å². The summed E-state index contributed by atoms with van der Waals surface area (Å²) >= 11 is 0. The largest absolute Gasteiger partial charge is 0.478 e. The molecule has 0 aliphatic carbocycles. The van der Waals surface area contributed by atoms with E-state index in [1.807, 2.05) is 60.7 Å². The fourth-order valence-corrected chi connectivity index (χ4v) is 3.21. The van der Waals surface area contributed by atoms with Gasteiger partial charge < -0.3 is 10.0 Å². The second kappa shape index (κ2) is 6.84. The van der Waals surface area contributed by atoms with E-state index in [1.165, 1.54) is 0 Å². The molecule has 1 atom stereocenters. The topological polar surface area (TPSA) is 52.9 Å². The molecule has 1 N–H and O–H groups in total. The number of nitrogens with zero attached hydrogens (tertiary/aromatic N) is 2. The summed E-state index contributed by atoms with van der Waals surface area (Å²) < 4.78 is 0. The highest BCUT2D eigenvalue weighted by molar-refractivity contribution is 6.06. The van der Waals surface area contributed by atoms with Crippen LogP contribution in [-0.2, 0) is 0 Å². The van der Waals surface area contributed by atoms with Gasteiger partial charge in [-0.1, -0.05) is 48.5 Å². The van der Waals surface area contributed by atoms with Gasteiger partial charge in [-0.3, -0.25) is 0 Å². The van der Waals surface area contributed by atoms with Crippen LogP contribution in [0.3, 0.4) is 0 Å². The van der Waals surface area contributed by atoms with Crippen molar-refractivity contribution in [2.24, 2.45) is 4.99 Å². The molecule has 0 bridgehead atoms. The minimum absolute atomic E-state index is 0.155. The number of para-hydroxylation sites is 2. The number of aromatic carboxylic acids is 1. The Bertz CT molecular complexity index is 935. The standard InChI is InChI=1S/C22H18N2O2/c25-22(26)17-13-11-16(12-14-17)20-15-21(23-18-7-3-1-4-8-18)24(20)19-9-5-2-6-10-19/h1-14,20H,15H2,(H,25,26)/b23-21+. The molecule has 0 radical (unpaired) electrons. The Balaban J connectivity index is 1.67. The number of carboxylic acid groups (broad SMARTS) is 1. The van der Waals surface area contributed by atoms with E-state index < -0.39 is 5.97 Å². The summed E-state index contributed by atoms with van der Waals surface area (Å²) in [5.74, 6) is 0.103. The summed E-state index contributed by atoms with van der Waals surface area (Å²) in [7, 11) is 0. The molecule has 1 aliphatic rings. The molecule has 0 spiro atoms. The summed E-state index contributed by atoms with van der Waals surface area (Å²) in [5.41, 5.74) is 3.41. The molecule has 0 aromatic heterocycles. The van der Waals surface area contributed by atoms with Gasteiger partial charge in [0.05, 0.1) is 17.3 Å². The Hall–Kier alpha value is -3.40. The predicted octanol–water partition coefficient (Wildman–Crippen LogP) is 5.07. The van der Waals surface area contributed by atoms with Crippen LogP contribution in [0.5, 0.6) is 0 Å². The van der Waals surface area contributed by atoms with Crippen molar-refractivity contribution in [1.29, 1.82) is 0 Å². The van der Waals surface area contributed by atoms with E-state index in [2.05, 4.69) is 17.0 Å². The first-order valence-corrected chi connectivity index (χ1v) is 8.52. The van der Waals surface area contributed by atoms with Crippen molar-refractivity contribution in [2.45, 2.75) is 12.5 Å². The molecule has 0 amide bonds. The maximum Gasteiger partial charge on any atom is 0.335 e. The molecule has 26 heavy (non-hydrogen) atoms. The summed E-state index contributed by atoms with van der Waals surface area (Å²) in [6.45, 7) is 0. The van der Waals surface area contributed by atoms with Gasteiger partial charge in [-0.2, -0.15) is 0 Å². The molecular formula is C22H18N2O2. The van der Waals surface area contributed by atoms with E-state index >= 15 is 0 Å². The lowest BCUT2D eigenvalue weighted by Crippen LogP contribution is -2.46. The van der Waals surface area contributed by atoms with Crippen LogP contribution in [0.25, 0.3) is 0 Å². The molecule has 1 saturated heterocycles. The number of amidine groups is 1. The zero-order valence-electron chi connectivity index (χ0n) is 14.1. The van der Waals surface area contributed by atoms with Crippen LogP contribution in [0, 0.1) is 0 Å². The molecule has 3 aromatic carbocycles. The third kappa shape index (κ3) is 3.09. The number of rotatable bonds is 4. The minimum Gasteiger partial charge on any atom is -0.478 e. The Morgan fingerprint density at radius 1 is 0.885 bits per heavy atom. The number of hydrogen-bond acceptors (Lipinski definition) is 2. The molecular weight excluding hydrogens is 324 g/mol. The number of carbonyl (C=O) groups is 1. The van der Waals surface area contributed by atoms with Gasteiger partial charge in [-0.05, 0) is 42.0 Å². The van der Waals surface area contributed by atoms with Crippen LogP contribution in [0.2, 0.25) is 0 Å². The maximum absolute atomic E-state index is 11.1. The second-order valence-electron chi connectivity index (χ2n) is 6.22. The van der Waals surface area contributed by atoms with Gasteiger partial charge in [0.15, 0.2) is 0 Å². The number of aliphatic imine (C=N–C) groups is 1. The number of hydrogen-bond donors (Lipinski definition) is 1. The van der Waals surface area contributed by atoms with Crippen molar-refractivity contribution in [2.75, 3.05) is 4.90 Å². The maximum atomic E-state index is 11.1. The average molecular weight is 342 g/mol. The van der Waals surface area contributed by atoms with E-state index in [4.69, 9.17) is 10.1 Å². The Morgan fingerprint density at radius 3 is 2.12 bits per heavy atom. The van der Waals surface area contributed by atoms with Crippen LogP contribution in [-0.4, -0.2) is 16.9 Å². The SMILES string of the molecule is O=C(O)c1ccc(C2C/C(=N\c3ccccc3)N2c2ccccc2)cc1. The van der Waals surface area contributed by atoms with Crippen molar-refractivity contribution in [3.05, 3.63) is 96.1 Å². The predicted molar refractivity (Wildman–Crippen MR) is 103 cm³/mol. The molecule has 1 fully saturated rings. The highest BCUT2D eigenvalue weighted by Crippen LogP contribution is 2.40. The summed E-state index contributed by atoms with van der Waals surface area (Å²) in [6.07, 6.45) is 0.816. The first-order chi connectivity index (χ1) is 12.7.